The van der Waals surface area contributed by atoms with E-state index in [2.05, 4.69) is 15.3 Å². The topological polar surface area (TPSA) is 84.3 Å². The van der Waals surface area contributed by atoms with Crippen molar-refractivity contribution in [3.05, 3.63) is 46.9 Å². The van der Waals surface area contributed by atoms with Gasteiger partial charge in [0.15, 0.2) is 11.5 Å². The first-order chi connectivity index (χ1) is 10.1. The summed E-state index contributed by atoms with van der Waals surface area (Å²) in [5.41, 5.74) is -0.0781. The maximum Gasteiger partial charge on any atom is 0.354 e. The maximum atomic E-state index is 11.1. The number of carbonyl (C=O) groups is 1. The van der Waals surface area contributed by atoms with Crippen molar-refractivity contribution < 1.29 is 14.6 Å². The van der Waals surface area contributed by atoms with E-state index in [1.807, 2.05) is 6.92 Å². The van der Waals surface area contributed by atoms with E-state index in [0.717, 1.165) is 0 Å². The van der Waals surface area contributed by atoms with Crippen molar-refractivity contribution in [1.29, 1.82) is 0 Å². The van der Waals surface area contributed by atoms with Gasteiger partial charge < -0.3 is 15.2 Å². The van der Waals surface area contributed by atoms with Crippen LogP contribution < -0.4 is 10.1 Å². The molecule has 2 aromatic rings. The zero-order valence-corrected chi connectivity index (χ0v) is 12.1. The van der Waals surface area contributed by atoms with Gasteiger partial charge in [-0.2, -0.15) is 0 Å². The van der Waals surface area contributed by atoms with E-state index in [4.69, 9.17) is 21.4 Å². The number of ether oxygens (including phenoxy) is 1. The van der Waals surface area contributed by atoms with Crippen LogP contribution in [0.15, 0.2) is 30.3 Å². The summed E-state index contributed by atoms with van der Waals surface area (Å²) in [7, 11) is 0. The van der Waals surface area contributed by atoms with Gasteiger partial charge in [0.2, 0.25) is 0 Å². The zero-order valence-electron chi connectivity index (χ0n) is 11.3. The molecule has 0 atom stereocenters. The number of benzene rings is 1. The molecule has 1 heterocycles. The van der Waals surface area contributed by atoms with E-state index < -0.39 is 5.97 Å². The minimum Gasteiger partial charge on any atom is -0.486 e. The third-order valence-corrected chi connectivity index (χ3v) is 2.75. The Morgan fingerprint density at radius 2 is 2.19 bits per heavy atom. The third kappa shape index (κ3) is 4.32. The molecule has 1 aromatic carbocycles. The van der Waals surface area contributed by atoms with E-state index in [9.17, 15) is 4.79 Å². The quantitative estimate of drug-likeness (QED) is 0.853. The highest BCUT2D eigenvalue weighted by molar-refractivity contribution is 6.30. The summed E-state index contributed by atoms with van der Waals surface area (Å²) in [5, 5.41) is 12.6. The largest absolute Gasteiger partial charge is 0.486 e. The second-order valence-corrected chi connectivity index (χ2v) is 4.57. The van der Waals surface area contributed by atoms with Crippen molar-refractivity contribution in [2.24, 2.45) is 0 Å². The van der Waals surface area contributed by atoms with Gasteiger partial charge in [-0.3, -0.25) is 0 Å². The second-order valence-electron chi connectivity index (χ2n) is 4.14. The third-order valence-electron chi connectivity index (χ3n) is 2.51. The van der Waals surface area contributed by atoms with Gasteiger partial charge >= 0.3 is 5.97 Å². The molecule has 6 nitrogen and oxygen atoms in total. The van der Waals surface area contributed by atoms with E-state index in [1.54, 1.807) is 24.3 Å². The molecule has 110 valence electrons. The first kappa shape index (κ1) is 15.1. The first-order valence-electron chi connectivity index (χ1n) is 6.32. The SMILES string of the molecule is CCNc1cc(C(=O)O)nc(COc2cccc(Cl)c2)n1. The van der Waals surface area contributed by atoms with Crippen molar-refractivity contribution in [2.75, 3.05) is 11.9 Å². The van der Waals surface area contributed by atoms with Gasteiger partial charge in [-0.25, -0.2) is 14.8 Å². The molecule has 21 heavy (non-hydrogen) atoms. The number of anilines is 1. The summed E-state index contributed by atoms with van der Waals surface area (Å²) in [5.74, 6) is 0.192. The van der Waals surface area contributed by atoms with Gasteiger partial charge in [0.05, 0.1) is 0 Å². The molecule has 0 bridgehead atoms. The molecule has 0 amide bonds. The van der Waals surface area contributed by atoms with Crippen LogP contribution in [0.25, 0.3) is 0 Å². The summed E-state index contributed by atoms with van der Waals surface area (Å²) in [6, 6.07) is 8.29. The summed E-state index contributed by atoms with van der Waals surface area (Å²) in [6.07, 6.45) is 0. The Labute approximate surface area is 126 Å². The van der Waals surface area contributed by atoms with Gasteiger partial charge in [0.25, 0.3) is 0 Å². The van der Waals surface area contributed by atoms with Crippen LogP contribution in [0.3, 0.4) is 0 Å². The smallest absolute Gasteiger partial charge is 0.354 e. The fourth-order valence-corrected chi connectivity index (χ4v) is 1.83. The minimum atomic E-state index is -1.11. The number of nitrogens with one attached hydrogen (secondary N) is 1. The van der Waals surface area contributed by atoms with E-state index in [1.165, 1.54) is 6.07 Å². The number of rotatable bonds is 6. The molecule has 0 saturated heterocycles. The minimum absolute atomic E-state index is 0.0554. The average Bonchev–Trinajstić information content (AvgIpc) is 2.45. The lowest BCUT2D eigenvalue weighted by atomic mass is 10.3. The fraction of sp³-hybridized carbons (Fsp3) is 0.214. The number of carboxylic acid groups (broad SMARTS) is 1. The van der Waals surface area contributed by atoms with Gasteiger partial charge in [-0.1, -0.05) is 17.7 Å². The monoisotopic (exact) mass is 307 g/mol. The van der Waals surface area contributed by atoms with Crippen molar-refractivity contribution in [3.8, 4) is 5.75 Å². The summed E-state index contributed by atoms with van der Waals surface area (Å²) in [4.78, 5) is 19.2. The van der Waals surface area contributed by atoms with Crippen LogP contribution in [0.5, 0.6) is 5.75 Å². The lowest BCUT2D eigenvalue weighted by Gasteiger charge is -2.08. The van der Waals surface area contributed by atoms with Crippen LogP contribution in [0, 0.1) is 0 Å². The molecule has 0 aliphatic carbocycles. The van der Waals surface area contributed by atoms with Crippen molar-refractivity contribution in [3.63, 3.8) is 0 Å². The van der Waals surface area contributed by atoms with Crippen molar-refractivity contribution in [1.82, 2.24) is 9.97 Å². The first-order valence-corrected chi connectivity index (χ1v) is 6.69. The van der Waals surface area contributed by atoms with Crippen LogP contribution in [-0.4, -0.2) is 27.6 Å². The molecule has 2 rings (SSSR count). The van der Waals surface area contributed by atoms with Gasteiger partial charge in [0.1, 0.15) is 18.2 Å². The molecule has 1 aromatic heterocycles. The molecular weight excluding hydrogens is 294 g/mol. The summed E-state index contributed by atoms with van der Waals surface area (Å²) >= 11 is 5.86. The maximum absolute atomic E-state index is 11.1. The highest BCUT2D eigenvalue weighted by atomic mass is 35.5. The molecule has 2 N–H and O–H groups in total. The molecule has 0 aliphatic rings. The highest BCUT2D eigenvalue weighted by Gasteiger charge is 2.10. The van der Waals surface area contributed by atoms with Crippen LogP contribution >= 0.6 is 11.6 Å². The summed E-state index contributed by atoms with van der Waals surface area (Å²) < 4.78 is 5.51. The molecular formula is C14H14ClN3O3. The molecule has 0 fully saturated rings. The van der Waals surface area contributed by atoms with Crippen LogP contribution in [0.1, 0.15) is 23.2 Å². The number of nitrogens with zero attached hydrogens (tertiary/aromatic N) is 2. The number of aromatic carboxylic acids is 1. The lowest BCUT2D eigenvalue weighted by Crippen LogP contribution is -2.11. The molecule has 0 unspecified atom stereocenters. The zero-order chi connectivity index (χ0) is 15.2. The molecule has 0 spiro atoms. The highest BCUT2D eigenvalue weighted by Crippen LogP contribution is 2.18. The van der Waals surface area contributed by atoms with E-state index >= 15 is 0 Å². The number of halogens is 1. The van der Waals surface area contributed by atoms with Crippen molar-refractivity contribution in [2.45, 2.75) is 13.5 Å². The Kier molecular flexibility index (Phi) is 4.94. The lowest BCUT2D eigenvalue weighted by molar-refractivity contribution is 0.0689. The van der Waals surface area contributed by atoms with Crippen LogP contribution in [0.4, 0.5) is 5.82 Å². The number of hydrogen-bond acceptors (Lipinski definition) is 5. The Bertz CT molecular complexity index is 649. The van der Waals surface area contributed by atoms with E-state index in [-0.39, 0.29) is 18.1 Å². The van der Waals surface area contributed by atoms with Crippen LogP contribution in [0.2, 0.25) is 5.02 Å². The Hall–Kier alpha value is -2.34. The Morgan fingerprint density at radius 1 is 1.38 bits per heavy atom. The van der Waals surface area contributed by atoms with E-state index in [0.29, 0.717) is 23.1 Å². The van der Waals surface area contributed by atoms with Crippen LogP contribution in [-0.2, 0) is 6.61 Å². The normalized spacial score (nSPS) is 10.2. The Morgan fingerprint density at radius 3 is 2.86 bits per heavy atom. The van der Waals surface area contributed by atoms with Gasteiger partial charge in [-0.05, 0) is 25.1 Å². The van der Waals surface area contributed by atoms with Crippen molar-refractivity contribution >= 4 is 23.4 Å². The number of aromatic nitrogens is 2. The number of carboxylic acids is 1. The molecule has 0 saturated carbocycles. The molecule has 7 heteroatoms. The fourth-order valence-electron chi connectivity index (χ4n) is 1.65. The standard InChI is InChI=1S/C14H14ClN3O3/c1-2-16-12-7-11(14(19)20)17-13(18-12)8-21-10-5-3-4-9(15)6-10/h3-7H,2,8H2,1H3,(H,19,20)(H,16,17,18). The average molecular weight is 308 g/mol. The van der Waals surface area contributed by atoms with Gasteiger partial charge in [0, 0.05) is 17.6 Å². The predicted molar refractivity (Wildman–Crippen MR) is 78.9 cm³/mol. The number of hydrogen-bond donors (Lipinski definition) is 2. The van der Waals surface area contributed by atoms with Gasteiger partial charge in [-0.15, -0.1) is 0 Å². The molecule has 0 aliphatic heterocycles. The molecule has 0 radical (unpaired) electrons. The Balaban J connectivity index is 2.16. The second kappa shape index (κ2) is 6.90. The summed E-state index contributed by atoms with van der Waals surface area (Å²) in [6.45, 7) is 2.58. The predicted octanol–water partition coefficient (Wildman–Crippen LogP) is 2.84.